The summed E-state index contributed by atoms with van der Waals surface area (Å²) < 4.78 is 4.77. The van der Waals surface area contributed by atoms with Crippen molar-refractivity contribution >= 4 is 17.6 Å². The van der Waals surface area contributed by atoms with E-state index < -0.39 is 0 Å². The van der Waals surface area contributed by atoms with Gasteiger partial charge in [-0.2, -0.15) is 5.10 Å². The van der Waals surface area contributed by atoms with E-state index in [9.17, 15) is 9.59 Å². The van der Waals surface area contributed by atoms with Crippen molar-refractivity contribution in [3.8, 4) is 0 Å². The minimum absolute atomic E-state index is 0.0649. The number of ether oxygens (including phenoxy) is 1. The Balaban J connectivity index is 2.25. The van der Waals surface area contributed by atoms with Crippen molar-refractivity contribution in [1.29, 1.82) is 0 Å². The van der Waals surface area contributed by atoms with Gasteiger partial charge < -0.3 is 4.74 Å². The number of hydrogen-bond acceptors (Lipinski definition) is 4. The average molecular weight is 198 g/mol. The molecule has 0 aromatic carbocycles. The highest BCUT2D eigenvalue weighted by molar-refractivity contribution is 5.93. The molecule has 1 aliphatic heterocycles. The highest BCUT2D eigenvalue weighted by atomic mass is 16.5. The molecule has 5 heteroatoms. The molecule has 1 heterocycles. The van der Waals surface area contributed by atoms with Gasteiger partial charge in [-0.25, -0.2) is 5.43 Å². The molecule has 0 bridgehead atoms. The molecule has 0 fully saturated rings. The van der Waals surface area contributed by atoms with Gasteiger partial charge in [0.05, 0.1) is 13.0 Å². The molecule has 0 aliphatic carbocycles. The van der Waals surface area contributed by atoms with Crippen molar-refractivity contribution in [3.63, 3.8) is 0 Å². The maximum absolute atomic E-state index is 11.0. The third kappa shape index (κ3) is 3.55. The van der Waals surface area contributed by atoms with Crippen LogP contribution < -0.4 is 5.43 Å². The van der Waals surface area contributed by atoms with Crippen LogP contribution >= 0.6 is 0 Å². The number of nitrogens with one attached hydrogen (secondary N) is 1. The van der Waals surface area contributed by atoms with Gasteiger partial charge in [-0.1, -0.05) is 0 Å². The van der Waals surface area contributed by atoms with E-state index in [1.54, 1.807) is 6.92 Å². The van der Waals surface area contributed by atoms with E-state index >= 15 is 0 Å². The fourth-order valence-corrected chi connectivity index (χ4v) is 1.17. The van der Waals surface area contributed by atoms with E-state index in [-0.39, 0.29) is 11.9 Å². The third-order valence-corrected chi connectivity index (χ3v) is 1.90. The van der Waals surface area contributed by atoms with E-state index in [2.05, 4.69) is 10.5 Å². The zero-order valence-corrected chi connectivity index (χ0v) is 8.21. The summed E-state index contributed by atoms with van der Waals surface area (Å²) in [7, 11) is 0. The first kappa shape index (κ1) is 10.7. The first-order valence-electron chi connectivity index (χ1n) is 4.72. The standard InChI is InChI=1S/C9H14N2O3/c1-2-14-9(13)6-4-7-3-5-8(12)11-10-7/h2-6H2,1H3,(H,11,12). The SMILES string of the molecule is CCOC(=O)CCC1=NNC(=O)CC1. The molecule has 0 saturated carbocycles. The van der Waals surface area contributed by atoms with Crippen LogP contribution in [-0.2, 0) is 14.3 Å². The maximum atomic E-state index is 11.0. The minimum Gasteiger partial charge on any atom is -0.466 e. The molecule has 1 aliphatic rings. The minimum atomic E-state index is -0.216. The molecule has 1 amide bonds. The molecule has 0 unspecified atom stereocenters. The van der Waals surface area contributed by atoms with Crippen LogP contribution in [0, 0.1) is 0 Å². The van der Waals surface area contributed by atoms with Gasteiger partial charge in [-0.3, -0.25) is 9.59 Å². The molecule has 14 heavy (non-hydrogen) atoms. The van der Waals surface area contributed by atoms with Crippen LogP contribution in [0.2, 0.25) is 0 Å². The molecule has 0 atom stereocenters. The first-order valence-corrected chi connectivity index (χ1v) is 4.72. The monoisotopic (exact) mass is 198 g/mol. The van der Waals surface area contributed by atoms with Crippen LogP contribution in [0.25, 0.3) is 0 Å². The molecule has 1 N–H and O–H groups in total. The summed E-state index contributed by atoms with van der Waals surface area (Å²) in [6.07, 6.45) is 2.01. The zero-order valence-electron chi connectivity index (χ0n) is 8.21. The quantitative estimate of drug-likeness (QED) is 0.672. The third-order valence-electron chi connectivity index (χ3n) is 1.90. The van der Waals surface area contributed by atoms with Crippen LogP contribution in [0.15, 0.2) is 5.10 Å². The number of nitrogens with zero attached hydrogens (tertiary/aromatic N) is 1. The average Bonchev–Trinajstić information content (AvgIpc) is 2.17. The first-order chi connectivity index (χ1) is 6.72. The number of hydrogen-bond donors (Lipinski definition) is 1. The number of hydrazone groups is 1. The molecule has 5 nitrogen and oxygen atoms in total. The number of esters is 1. The lowest BCUT2D eigenvalue weighted by Crippen LogP contribution is -2.25. The van der Waals surface area contributed by atoms with E-state index in [0.717, 1.165) is 5.71 Å². The van der Waals surface area contributed by atoms with Crippen LogP contribution in [0.5, 0.6) is 0 Å². The second kappa shape index (κ2) is 5.36. The highest BCUT2D eigenvalue weighted by Crippen LogP contribution is 2.05. The van der Waals surface area contributed by atoms with Gasteiger partial charge in [0.15, 0.2) is 0 Å². The van der Waals surface area contributed by atoms with E-state index in [0.29, 0.717) is 32.3 Å². The predicted octanol–water partition coefficient (Wildman–Crippen LogP) is 0.596. The molecule has 0 radical (unpaired) electrons. The smallest absolute Gasteiger partial charge is 0.306 e. The topological polar surface area (TPSA) is 67.8 Å². The maximum Gasteiger partial charge on any atom is 0.306 e. The van der Waals surface area contributed by atoms with Crippen molar-refractivity contribution < 1.29 is 14.3 Å². The second-order valence-corrected chi connectivity index (χ2v) is 3.02. The molecule has 0 spiro atoms. The Bertz CT molecular complexity index is 261. The van der Waals surface area contributed by atoms with E-state index in [1.807, 2.05) is 0 Å². The second-order valence-electron chi connectivity index (χ2n) is 3.02. The van der Waals surface area contributed by atoms with Crippen LogP contribution in [0.4, 0.5) is 0 Å². The van der Waals surface area contributed by atoms with Crippen LogP contribution in [0.3, 0.4) is 0 Å². The summed E-state index contributed by atoms with van der Waals surface area (Å²) in [5, 5.41) is 3.85. The van der Waals surface area contributed by atoms with Crippen molar-refractivity contribution in [2.45, 2.75) is 32.6 Å². The molecular formula is C9H14N2O3. The lowest BCUT2D eigenvalue weighted by Gasteiger charge is -2.11. The number of rotatable bonds is 4. The van der Waals surface area contributed by atoms with Crippen molar-refractivity contribution in [2.75, 3.05) is 6.61 Å². The fraction of sp³-hybridized carbons (Fsp3) is 0.667. The van der Waals surface area contributed by atoms with Gasteiger partial charge in [0.25, 0.3) is 0 Å². The summed E-state index contributed by atoms with van der Waals surface area (Å²) in [5.41, 5.74) is 3.24. The Hall–Kier alpha value is -1.39. The van der Waals surface area contributed by atoms with Crippen molar-refractivity contribution in [1.82, 2.24) is 5.43 Å². The predicted molar refractivity (Wildman–Crippen MR) is 50.7 cm³/mol. The normalized spacial score (nSPS) is 15.8. The van der Waals surface area contributed by atoms with Crippen molar-refractivity contribution in [3.05, 3.63) is 0 Å². The molecule has 78 valence electrons. The number of carbonyl (C=O) groups is 2. The largest absolute Gasteiger partial charge is 0.466 e. The zero-order chi connectivity index (χ0) is 10.4. The highest BCUT2D eigenvalue weighted by Gasteiger charge is 2.12. The Morgan fingerprint density at radius 2 is 2.36 bits per heavy atom. The summed E-state index contributed by atoms with van der Waals surface area (Å²) in [6.45, 7) is 2.18. The summed E-state index contributed by atoms with van der Waals surface area (Å²) in [4.78, 5) is 21.7. The summed E-state index contributed by atoms with van der Waals surface area (Å²) in [5.74, 6) is -0.281. The molecule has 0 saturated heterocycles. The number of carbonyl (C=O) groups excluding carboxylic acids is 2. The summed E-state index contributed by atoms with van der Waals surface area (Å²) in [6, 6.07) is 0. The van der Waals surface area contributed by atoms with E-state index in [1.165, 1.54) is 0 Å². The van der Waals surface area contributed by atoms with E-state index in [4.69, 9.17) is 4.74 Å². The molecule has 0 aromatic heterocycles. The Kier molecular flexibility index (Phi) is 4.10. The van der Waals surface area contributed by atoms with Crippen LogP contribution in [0.1, 0.15) is 32.6 Å². The van der Waals surface area contributed by atoms with Gasteiger partial charge >= 0.3 is 5.97 Å². The Morgan fingerprint density at radius 1 is 1.57 bits per heavy atom. The van der Waals surface area contributed by atoms with Crippen molar-refractivity contribution in [2.24, 2.45) is 5.10 Å². The Morgan fingerprint density at radius 3 is 2.93 bits per heavy atom. The van der Waals surface area contributed by atoms with Gasteiger partial charge in [0.1, 0.15) is 0 Å². The number of amides is 1. The fourth-order valence-electron chi connectivity index (χ4n) is 1.17. The van der Waals surface area contributed by atoms with Gasteiger partial charge in [0, 0.05) is 12.1 Å². The van der Waals surface area contributed by atoms with Gasteiger partial charge in [0.2, 0.25) is 5.91 Å². The lowest BCUT2D eigenvalue weighted by atomic mass is 10.1. The van der Waals surface area contributed by atoms with Crippen LogP contribution in [-0.4, -0.2) is 24.2 Å². The molecule has 0 aromatic rings. The Labute approximate surface area is 82.5 Å². The molecule has 1 rings (SSSR count). The lowest BCUT2D eigenvalue weighted by molar-refractivity contribution is -0.142. The summed E-state index contributed by atoms with van der Waals surface area (Å²) >= 11 is 0. The molecular weight excluding hydrogens is 184 g/mol. The van der Waals surface area contributed by atoms with Gasteiger partial charge in [-0.05, 0) is 19.8 Å². The van der Waals surface area contributed by atoms with Gasteiger partial charge in [-0.15, -0.1) is 0 Å².